The monoisotopic (exact) mass is 198 g/mol. The van der Waals surface area contributed by atoms with E-state index in [-0.39, 0.29) is 13.2 Å². The van der Waals surface area contributed by atoms with Crippen LogP contribution in [0.3, 0.4) is 0 Å². The summed E-state index contributed by atoms with van der Waals surface area (Å²) in [6.07, 6.45) is 1.39. The molecule has 1 aromatic heterocycles. The standard InChI is InChI=1S/C9H14N2O3/c12-7-5-10(6-8-13)9-3-1-2-4-11(9)14/h1-4,12-13H,5-8H2. The van der Waals surface area contributed by atoms with Crippen molar-refractivity contribution >= 4 is 5.82 Å². The molecule has 78 valence electrons. The van der Waals surface area contributed by atoms with Gasteiger partial charge >= 0.3 is 0 Å². The Kier molecular flexibility index (Phi) is 4.15. The van der Waals surface area contributed by atoms with Crippen LogP contribution < -0.4 is 9.63 Å². The van der Waals surface area contributed by atoms with Crippen molar-refractivity contribution in [1.82, 2.24) is 0 Å². The van der Waals surface area contributed by atoms with Crippen LogP contribution in [0.2, 0.25) is 0 Å². The largest absolute Gasteiger partial charge is 0.711 e. The lowest BCUT2D eigenvalue weighted by Gasteiger charge is -2.18. The zero-order chi connectivity index (χ0) is 10.4. The Morgan fingerprint density at radius 1 is 1.21 bits per heavy atom. The van der Waals surface area contributed by atoms with E-state index in [1.165, 1.54) is 6.20 Å². The number of anilines is 1. The van der Waals surface area contributed by atoms with E-state index in [9.17, 15) is 5.21 Å². The summed E-state index contributed by atoms with van der Waals surface area (Å²) in [6.45, 7) is 0.587. The van der Waals surface area contributed by atoms with Crippen molar-refractivity contribution in [3.63, 3.8) is 0 Å². The van der Waals surface area contributed by atoms with Crippen molar-refractivity contribution in [2.24, 2.45) is 0 Å². The van der Waals surface area contributed by atoms with Gasteiger partial charge in [-0.2, -0.15) is 0 Å². The predicted molar refractivity (Wildman–Crippen MR) is 51.8 cm³/mol. The first-order chi connectivity index (χ1) is 6.79. The van der Waals surface area contributed by atoms with E-state index < -0.39 is 0 Å². The molecule has 0 unspecified atom stereocenters. The molecule has 0 radical (unpaired) electrons. The van der Waals surface area contributed by atoms with Crippen molar-refractivity contribution < 1.29 is 14.9 Å². The molecule has 5 nitrogen and oxygen atoms in total. The number of rotatable bonds is 5. The lowest BCUT2D eigenvalue weighted by atomic mass is 10.4. The second-order valence-corrected chi connectivity index (χ2v) is 2.82. The Balaban J connectivity index is 2.81. The second kappa shape index (κ2) is 5.41. The van der Waals surface area contributed by atoms with Gasteiger partial charge < -0.3 is 15.4 Å². The molecule has 0 spiro atoms. The fourth-order valence-corrected chi connectivity index (χ4v) is 1.25. The molecule has 1 heterocycles. The predicted octanol–water partition coefficient (Wildman–Crippen LogP) is -0.889. The third kappa shape index (κ3) is 2.58. The highest BCUT2D eigenvalue weighted by Crippen LogP contribution is 2.05. The molecule has 0 aliphatic heterocycles. The lowest BCUT2D eigenvalue weighted by molar-refractivity contribution is -0.592. The van der Waals surface area contributed by atoms with Gasteiger partial charge in [-0.25, -0.2) is 4.73 Å². The molecule has 0 aliphatic carbocycles. The maximum atomic E-state index is 11.3. The third-order valence-corrected chi connectivity index (χ3v) is 1.87. The van der Waals surface area contributed by atoms with Crippen molar-refractivity contribution in [2.75, 3.05) is 31.2 Å². The Bertz CT molecular complexity index is 275. The minimum absolute atomic E-state index is 0.0467. The van der Waals surface area contributed by atoms with Gasteiger partial charge in [0.15, 0.2) is 0 Å². The summed E-state index contributed by atoms with van der Waals surface area (Å²) >= 11 is 0. The van der Waals surface area contributed by atoms with Gasteiger partial charge in [0.1, 0.15) is 13.1 Å². The fraction of sp³-hybridized carbons (Fsp3) is 0.444. The Hall–Kier alpha value is -1.33. The first-order valence-corrected chi connectivity index (χ1v) is 4.44. The average Bonchev–Trinajstić information content (AvgIpc) is 2.18. The number of nitrogens with zero attached hydrogens (tertiary/aromatic N) is 2. The summed E-state index contributed by atoms with van der Waals surface area (Å²) in [5.41, 5.74) is 0. The molecule has 0 atom stereocenters. The van der Waals surface area contributed by atoms with Gasteiger partial charge in [-0.05, 0) is 6.07 Å². The van der Waals surface area contributed by atoms with Gasteiger partial charge in [0.25, 0.3) is 5.82 Å². The van der Waals surface area contributed by atoms with E-state index in [1.807, 2.05) is 0 Å². The van der Waals surface area contributed by atoms with Crippen LogP contribution in [0.1, 0.15) is 0 Å². The Morgan fingerprint density at radius 2 is 1.86 bits per heavy atom. The second-order valence-electron chi connectivity index (χ2n) is 2.82. The highest BCUT2D eigenvalue weighted by Gasteiger charge is 2.14. The molecule has 0 saturated carbocycles. The first-order valence-electron chi connectivity index (χ1n) is 4.44. The fourth-order valence-electron chi connectivity index (χ4n) is 1.25. The van der Waals surface area contributed by atoms with E-state index in [0.29, 0.717) is 23.6 Å². The number of hydrogen-bond donors (Lipinski definition) is 2. The number of aromatic nitrogens is 1. The van der Waals surface area contributed by atoms with Crippen molar-refractivity contribution in [2.45, 2.75) is 0 Å². The molecule has 0 aromatic carbocycles. The van der Waals surface area contributed by atoms with Gasteiger partial charge in [0, 0.05) is 6.07 Å². The normalized spacial score (nSPS) is 10.1. The maximum Gasteiger partial charge on any atom is 0.279 e. The summed E-state index contributed by atoms with van der Waals surface area (Å²) in [6, 6.07) is 5.02. The van der Waals surface area contributed by atoms with Crippen molar-refractivity contribution in [3.8, 4) is 0 Å². The van der Waals surface area contributed by atoms with Crippen LogP contribution in [0.25, 0.3) is 0 Å². The van der Waals surface area contributed by atoms with Crippen molar-refractivity contribution in [1.29, 1.82) is 0 Å². The molecule has 0 saturated heterocycles. The van der Waals surface area contributed by atoms with E-state index in [1.54, 1.807) is 23.1 Å². The van der Waals surface area contributed by atoms with Gasteiger partial charge in [0.05, 0.1) is 19.4 Å². The molecule has 0 amide bonds. The summed E-state index contributed by atoms with van der Waals surface area (Å²) in [7, 11) is 0. The van der Waals surface area contributed by atoms with E-state index in [2.05, 4.69) is 0 Å². The van der Waals surface area contributed by atoms with Gasteiger partial charge in [-0.15, -0.1) is 0 Å². The minimum Gasteiger partial charge on any atom is -0.711 e. The van der Waals surface area contributed by atoms with Crippen LogP contribution in [0.4, 0.5) is 5.82 Å². The molecular formula is C9H14N2O3. The van der Waals surface area contributed by atoms with Crippen LogP contribution in [0.5, 0.6) is 0 Å². The number of hydrogen-bond acceptors (Lipinski definition) is 4. The van der Waals surface area contributed by atoms with E-state index in [4.69, 9.17) is 10.2 Å². The van der Waals surface area contributed by atoms with Crippen LogP contribution in [0.15, 0.2) is 24.4 Å². The van der Waals surface area contributed by atoms with E-state index >= 15 is 0 Å². The number of aliphatic hydroxyl groups excluding tert-OH is 2. The maximum absolute atomic E-state index is 11.3. The quantitative estimate of drug-likeness (QED) is 0.475. The van der Waals surface area contributed by atoms with Gasteiger partial charge in [-0.1, -0.05) is 6.07 Å². The molecule has 0 bridgehead atoms. The summed E-state index contributed by atoms with van der Waals surface area (Å²) < 4.78 is 0.714. The Labute approximate surface area is 82.4 Å². The zero-order valence-electron chi connectivity index (χ0n) is 7.83. The van der Waals surface area contributed by atoms with E-state index in [0.717, 1.165) is 0 Å². The smallest absolute Gasteiger partial charge is 0.279 e. The van der Waals surface area contributed by atoms with Gasteiger partial charge in [0.2, 0.25) is 0 Å². The highest BCUT2D eigenvalue weighted by molar-refractivity contribution is 5.32. The topological polar surface area (TPSA) is 70.6 Å². The first kappa shape index (κ1) is 10.7. The molecular weight excluding hydrogens is 184 g/mol. The average molecular weight is 198 g/mol. The van der Waals surface area contributed by atoms with Crippen LogP contribution in [0, 0.1) is 5.21 Å². The van der Waals surface area contributed by atoms with Gasteiger partial charge in [-0.3, -0.25) is 4.90 Å². The van der Waals surface area contributed by atoms with Crippen LogP contribution in [-0.4, -0.2) is 36.5 Å². The SMILES string of the molecule is [O-][n+]1ccccc1N(CCO)CCO. The molecule has 0 aliphatic rings. The van der Waals surface area contributed by atoms with Crippen LogP contribution in [-0.2, 0) is 0 Å². The molecule has 1 rings (SSSR count). The van der Waals surface area contributed by atoms with Crippen molar-refractivity contribution in [3.05, 3.63) is 29.6 Å². The lowest BCUT2D eigenvalue weighted by Crippen LogP contribution is -2.40. The molecule has 1 aromatic rings. The molecule has 0 fully saturated rings. The number of pyridine rings is 1. The molecule has 14 heavy (non-hydrogen) atoms. The number of aliphatic hydroxyl groups is 2. The summed E-state index contributed by atoms with van der Waals surface area (Å²) in [5, 5.41) is 28.9. The third-order valence-electron chi connectivity index (χ3n) is 1.87. The molecule has 5 heteroatoms. The summed E-state index contributed by atoms with van der Waals surface area (Å²) in [5.74, 6) is 0.440. The minimum atomic E-state index is -0.0467. The zero-order valence-corrected chi connectivity index (χ0v) is 7.83. The molecule has 2 N–H and O–H groups in total. The van der Waals surface area contributed by atoms with Crippen LogP contribution >= 0.6 is 0 Å². The Morgan fingerprint density at radius 3 is 2.36 bits per heavy atom. The summed E-state index contributed by atoms with van der Waals surface area (Å²) in [4.78, 5) is 1.63. The highest BCUT2D eigenvalue weighted by atomic mass is 16.5.